The topological polar surface area (TPSA) is 67.1 Å². The van der Waals surface area contributed by atoms with Crippen LogP contribution in [-0.4, -0.2) is 42.8 Å². The van der Waals surface area contributed by atoms with Crippen LogP contribution in [0.15, 0.2) is 30.5 Å². The van der Waals surface area contributed by atoms with Crippen molar-refractivity contribution in [1.82, 2.24) is 24.6 Å². The summed E-state index contributed by atoms with van der Waals surface area (Å²) < 4.78 is 1.94. The maximum Gasteiger partial charge on any atom is 0.158 e. The van der Waals surface area contributed by atoms with Crippen LogP contribution in [0, 0.1) is 6.92 Å². The second-order valence-corrected chi connectivity index (χ2v) is 8.33. The SMILES string of the molecule is Cc1ccccc1-c1ncc(CN2CCC[C@H](c3nnc(CO)n3C)C2)s1. The third kappa shape index (κ3) is 3.81. The Kier molecular flexibility index (Phi) is 5.33. The molecule has 0 aliphatic carbocycles. The van der Waals surface area contributed by atoms with E-state index in [9.17, 15) is 5.11 Å². The number of aryl methyl sites for hydroxylation is 1. The van der Waals surface area contributed by atoms with Gasteiger partial charge in [-0.3, -0.25) is 4.90 Å². The summed E-state index contributed by atoms with van der Waals surface area (Å²) in [6.45, 7) is 5.05. The van der Waals surface area contributed by atoms with Crippen molar-refractivity contribution in [3.63, 3.8) is 0 Å². The van der Waals surface area contributed by atoms with Crippen LogP contribution < -0.4 is 0 Å². The van der Waals surface area contributed by atoms with Gasteiger partial charge in [0, 0.05) is 42.7 Å². The van der Waals surface area contributed by atoms with E-state index in [1.54, 1.807) is 11.3 Å². The Morgan fingerprint density at radius 3 is 2.89 bits per heavy atom. The summed E-state index contributed by atoms with van der Waals surface area (Å²) in [5.74, 6) is 1.97. The zero-order valence-corrected chi connectivity index (χ0v) is 16.6. The highest BCUT2D eigenvalue weighted by Gasteiger charge is 2.26. The molecule has 1 atom stereocenters. The highest BCUT2D eigenvalue weighted by atomic mass is 32.1. The minimum absolute atomic E-state index is 0.0670. The first-order valence-corrected chi connectivity index (χ1v) is 10.2. The lowest BCUT2D eigenvalue weighted by atomic mass is 9.97. The van der Waals surface area contributed by atoms with Crippen LogP contribution in [0.5, 0.6) is 0 Å². The zero-order valence-electron chi connectivity index (χ0n) is 15.8. The van der Waals surface area contributed by atoms with Gasteiger partial charge in [-0.25, -0.2) is 4.98 Å². The van der Waals surface area contributed by atoms with E-state index in [1.165, 1.54) is 16.0 Å². The molecule has 1 aliphatic heterocycles. The Labute approximate surface area is 163 Å². The monoisotopic (exact) mass is 383 g/mol. The first-order chi connectivity index (χ1) is 13.2. The summed E-state index contributed by atoms with van der Waals surface area (Å²) in [6.07, 6.45) is 4.28. The van der Waals surface area contributed by atoms with E-state index >= 15 is 0 Å². The fourth-order valence-electron chi connectivity index (χ4n) is 3.82. The van der Waals surface area contributed by atoms with Crippen LogP contribution in [0.4, 0.5) is 0 Å². The van der Waals surface area contributed by atoms with Crippen molar-refractivity contribution < 1.29 is 5.11 Å². The van der Waals surface area contributed by atoms with Gasteiger partial charge >= 0.3 is 0 Å². The Morgan fingerprint density at radius 1 is 1.26 bits per heavy atom. The van der Waals surface area contributed by atoms with Gasteiger partial charge in [0.1, 0.15) is 17.4 Å². The summed E-state index contributed by atoms with van der Waals surface area (Å²) in [4.78, 5) is 8.43. The van der Waals surface area contributed by atoms with Crippen LogP contribution in [0.1, 0.15) is 40.8 Å². The van der Waals surface area contributed by atoms with E-state index in [-0.39, 0.29) is 6.61 Å². The minimum Gasteiger partial charge on any atom is -0.388 e. The molecular formula is C20H25N5OS. The number of nitrogens with zero attached hydrogens (tertiary/aromatic N) is 5. The fraction of sp³-hybridized carbons (Fsp3) is 0.450. The number of thiazole rings is 1. The standard InChI is InChI=1S/C20H25N5OS/c1-14-6-3-4-8-17(14)20-21-10-16(27-20)12-25-9-5-7-15(11-25)19-23-22-18(13-26)24(19)2/h3-4,6,8,10,15,26H,5,7,9,11-13H2,1-2H3/t15-/m0/s1. The van der Waals surface area contributed by atoms with Crippen molar-refractivity contribution in [3.8, 4) is 10.6 Å². The van der Waals surface area contributed by atoms with Crippen molar-refractivity contribution in [2.24, 2.45) is 7.05 Å². The lowest BCUT2D eigenvalue weighted by Crippen LogP contribution is -2.34. The smallest absolute Gasteiger partial charge is 0.158 e. The predicted molar refractivity (Wildman–Crippen MR) is 106 cm³/mol. The molecule has 1 aromatic carbocycles. The lowest BCUT2D eigenvalue weighted by molar-refractivity contribution is 0.196. The predicted octanol–water partition coefficient (Wildman–Crippen LogP) is 3.12. The van der Waals surface area contributed by atoms with Gasteiger partial charge in [0.15, 0.2) is 5.82 Å². The molecule has 1 N–H and O–H groups in total. The van der Waals surface area contributed by atoms with Crippen molar-refractivity contribution in [2.75, 3.05) is 13.1 Å². The third-order valence-electron chi connectivity index (χ3n) is 5.32. The first kappa shape index (κ1) is 18.3. The molecule has 4 rings (SSSR count). The van der Waals surface area contributed by atoms with Gasteiger partial charge in [0.2, 0.25) is 0 Å². The molecule has 7 heteroatoms. The van der Waals surface area contributed by atoms with E-state index in [0.717, 1.165) is 43.3 Å². The van der Waals surface area contributed by atoms with Crippen molar-refractivity contribution in [1.29, 1.82) is 0 Å². The number of rotatable bonds is 5. The molecule has 0 spiro atoms. The Bertz CT molecular complexity index is 919. The van der Waals surface area contributed by atoms with Crippen LogP contribution in [0.3, 0.4) is 0 Å². The summed E-state index contributed by atoms with van der Waals surface area (Å²) in [5, 5.41) is 18.9. The van der Waals surface area contributed by atoms with Crippen molar-refractivity contribution in [3.05, 3.63) is 52.6 Å². The molecule has 0 saturated carbocycles. The molecule has 1 fully saturated rings. The average Bonchev–Trinajstić information content (AvgIpc) is 3.29. The van der Waals surface area contributed by atoms with Crippen LogP contribution >= 0.6 is 11.3 Å². The number of aliphatic hydroxyl groups is 1. The van der Waals surface area contributed by atoms with Crippen LogP contribution in [-0.2, 0) is 20.2 Å². The number of aliphatic hydroxyl groups excluding tert-OH is 1. The third-order valence-corrected chi connectivity index (χ3v) is 6.33. The molecule has 0 amide bonds. The maximum absolute atomic E-state index is 9.35. The number of benzene rings is 1. The summed E-state index contributed by atoms with van der Waals surface area (Å²) in [5.41, 5.74) is 2.49. The maximum atomic E-state index is 9.35. The zero-order chi connectivity index (χ0) is 18.8. The lowest BCUT2D eigenvalue weighted by Gasteiger charge is -2.31. The molecule has 27 heavy (non-hydrogen) atoms. The van der Waals surface area contributed by atoms with Crippen LogP contribution in [0.25, 0.3) is 10.6 Å². The molecule has 3 heterocycles. The van der Waals surface area contributed by atoms with Crippen molar-refractivity contribution in [2.45, 2.75) is 38.8 Å². The molecular weight excluding hydrogens is 358 g/mol. The van der Waals surface area contributed by atoms with E-state index in [0.29, 0.717) is 11.7 Å². The molecule has 3 aromatic rings. The van der Waals surface area contributed by atoms with Gasteiger partial charge in [-0.15, -0.1) is 21.5 Å². The molecule has 0 bridgehead atoms. The fourth-order valence-corrected chi connectivity index (χ4v) is 4.86. The van der Waals surface area contributed by atoms with E-state index in [1.807, 2.05) is 17.8 Å². The second kappa shape index (κ2) is 7.88. The average molecular weight is 384 g/mol. The van der Waals surface area contributed by atoms with Gasteiger partial charge < -0.3 is 9.67 Å². The molecule has 6 nitrogen and oxygen atoms in total. The molecule has 0 radical (unpaired) electrons. The summed E-state index contributed by atoms with van der Waals surface area (Å²) in [7, 11) is 1.94. The highest BCUT2D eigenvalue weighted by Crippen LogP contribution is 2.31. The Balaban J connectivity index is 1.45. The Morgan fingerprint density at radius 2 is 2.11 bits per heavy atom. The quantitative estimate of drug-likeness (QED) is 0.733. The Hall–Kier alpha value is -2.09. The number of hydrogen-bond acceptors (Lipinski definition) is 6. The number of likely N-dealkylation sites (tertiary alicyclic amines) is 1. The molecule has 1 aliphatic rings. The number of piperidine rings is 1. The van der Waals surface area contributed by atoms with Gasteiger partial charge in [0.25, 0.3) is 0 Å². The van der Waals surface area contributed by atoms with Gasteiger partial charge in [-0.2, -0.15) is 0 Å². The van der Waals surface area contributed by atoms with Crippen LogP contribution in [0.2, 0.25) is 0 Å². The summed E-state index contributed by atoms with van der Waals surface area (Å²) >= 11 is 1.78. The number of aromatic nitrogens is 4. The highest BCUT2D eigenvalue weighted by molar-refractivity contribution is 7.15. The molecule has 0 unspecified atom stereocenters. The van der Waals surface area contributed by atoms with E-state index in [2.05, 4.69) is 51.3 Å². The van der Waals surface area contributed by atoms with Gasteiger partial charge in [-0.05, 0) is 31.9 Å². The largest absolute Gasteiger partial charge is 0.388 e. The van der Waals surface area contributed by atoms with Gasteiger partial charge in [-0.1, -0.05) is 24.3 Å². The molecule has 1 saturated heterocycles. The number of hydrogen-bond donors (Lipinski definition) is 1. The minimum atomic E-state index is -0.0670. The molecule has 2 aromatic heterocycles. The van der Waals surface area contributed by atoms with E-state index < -0.39 is 0 Å². The molecule has 142 valence electrons. The van der Waals surface area contributed by atoms with Gasteiger partial charge in [0.05, 0.1) is 0 Å². The normalized spacial score (nSPS) is 18.1. The first-order valence-electron chi connectivity index (χ1n) is 9.37. The van der Waals surface area contributed by atoms with Crippen molar-refractivity contribution >= 4 is 11.3 Å². The van der Waals surface area contributed by atoms with E-state index in [4.69, 9.17) is 0 Å². The summed E-state index contributed by atoms with van der Waals surface area (Å²) in [6, 6.07) is 8.41. The second-order valence-electron chi connectivity index (χ2n) is 7.21.